The zero-order chi connectivity index (χ0) is 39.3. The molecule has 1 aromatic heterocycles. The fourth-order valence-corrected chi connectivity index (χ4v) is 8.57. The second-order valence-corrected chi connectivity index (χ2v) is 13.2. The van der Waals surface area contributed by atoms with Gasteiger partial charge in [-0.05, 0) is 82.5 Å². The van der Waals surface area contributed by atoms with Crippen molar-refractivity contribution in [3.63, 3.8) is 0 Å². The number of rotatable bonds is 4. The van der Waals surface area contributed by atoms with E-state index in [9.17, 15) is 5.48 Å². The van der Waals surface area contributed by atoms with E-state index in [0.29, 0.717) is 22.3 Å². The molecule has 0 aliphatic rings. The van der Waals surface area contributed by atoms with E-state index in [1.807, 2.05) is 109 Å². The summed E-state index contributed by atoms with van der Waals surface area (Å²) in [6.45, 7) is 0. The molecule has 0 nitrogen and oxygen atoms in total. The first-order valence-electron chi connectivity index (χ1n) is 20.2. The quantitative estimate of drug-likeness (QED) is 0.132. The Morgan fingerprint density at radius 3 is 1.65 bits per heavy atom. The normalized spacial score (nSPS) is 14.0. The molecule has 1 heteroatoms. The van der Waals surface area contributed by atoms with E-state index in [0.717, 1.165) is 53.2 Å². The molecule has 49 heavy (non-hydrogen) atoms. The van der Waals surface area contributed by atoms with Crippen LogP contribution in [0.4, 0.5) is 0 Å². The van der Waals surface area contributed by atoms with Crippen molar-refractivity contribution in [2.75, 3.05) is 0 Å². The third-order valence-corrected chi connectivity index (χ3v) is 10.7. The van der Waals surface area contributed by atoms with Crippen molar-refractivity contribution < 1.29 is 11.0 Å². The molecule has 0 bridgehead atoms. The molecule has 0 spiro atoms. The molecule has 0 aliphatic carbocycles. The summed E-state index contributed by atoms with van der Waals surface area (Å²) < 4.78 is 75.5. The zero-order valence-electron chi connectivity index (χ0n) is 34.1. The van der Waals surface area contributed by atoms with Crippen LogP contribution in [-0.2, 0) is 0 Å². The summed E-state index contributed by atoms with van der Waals surface area (Å²) >= 11 is 1.55. The predicted octanol–water partition coefficient (Wildman–Crippen LogP) is 14.2. The van der Waals surface area contributed by atoms with Gasteiger partial charge in [-0.1, -0.05) is 176 Å². The molecule has 0 unspecified atom stereocenters. The summed E-state index contributed by atoms with van der Waals surface area (Å²) in [6.07, 6.45) is 0. The van der Waals surface area contributed by atoms with Gasteiger partial charge in [-0.25, -0.2) is 0 Å². The smallest absolute Gasteiger partial charge is 0.0629 e. The van der Waals surface area contributed by atoms with Crippen LogP contribution in [0.3, 0.4) is 0 Å². The monoisotopic (exact) mass is 646 g/mol. The molecule has 0 aliphatic heterocycles. The number of hydrogen-bond acceptors (Lipinski definition) is 1. The Kier molecular flexibility index (Phi) is 4.86. The third-order valence-electron chi connectivity index (χ3n) is 9.51. The minimum absolute atomic E-state index is 0.203. The molecule has 1 heterocycles. The summed E-state index contributed by atoms with van der Waals surface area (Å²) in [6, 6.07) is 41.1. The molecule has 0 atom stereocenters. The van der Waals surface area contributed by atoms with Gasteiger partial charge in [-0.2, -0.15) is 0 Å². The van der Waals surface area contributed by atoms with Crippen LogP contribution in [0.1, 0.15) is 11.0 Å². The van der Waals surface area contributed by atoms with Gasteiger partial charge in [-0.15, -0.1) is 11.3 Å². The largest absolute Gasteiger partial charge is 0.135 e. The van der Waals surface area contributed by atoms with Gasteiger partial charge in [0.25, 0.3) is 0 Å². The lowest BCUT2D eigenvalue weighted by Crippen LogP contribution is -1.92. The first-order valence-corrected chi connectivity index (χ1v) is 17.0. The maximum atomic E-state index is 9.64. The maximum absolute atomic E-state index is 9.64. The lowest BCUT2D eigenvalue weighted by atomic mass is 9.83. The molecule has 0 radical (unpaired) electrons. The zero-order valence-corrected chi connectivity index (χ0v) is 26.9. The average Bonchev–Trinajstić information content (AvgIpc) is 3.64. The Labute approximate surface area is 300 Å². The van der Waals surface area contributed by atoms with Gasteiger partial charge >= 0.3 is 0 Å². The van der Waals surface area contributed by atoms with Crippen molar-refractivity contribution in [2.24, 2.45) is 0 Å². The molecule has 0 fully saturated rings. The van der Waals surface area contributed by atoms with Crippen LogP contribution in [0, 0.1) is 0 Å². The molecule has 0 saturated heterocycles. The lowest BCUT2D eigenvalue weighted by Gasteiger charge is -2.20. The summed E-state index contributed by atoms with van der Waals surface area (Å²) in [5.74, 6) is 0. The van der Waals surface area contributed by atoms with Crippen molar-refractivity contribution in [3.05, 3.63) is 182 Å². The Morgan fingerprint density at radius 1 is 0.367 bits per heavy atom. The second kappa shape index (κ2) is 11.3. The van der Waals surface area contributed by atoms with Crippen LogP contribution in [0.2, 0.25) is 0 Å². The van der Waals surface area contributed by atoms with E-state index >= 15 is 0 Å². The van der Waals surface area contributed by atoms with E-state index in [2.05, 4.69) is 24.3 Å². The molecule has 0 N–H and O–H groups in total. The molecule has 0 saturated carbocycles. The molecular weight excluding hydrogens is 609 g/mol. The van der Waals surface area contributed by atoms with Crippen molar-refractivity contribution in [1.82, 2.24) is 0 Å². The van der Waals surface area contributed by atoms with Crippen LogP contribution in [0.5, 0.6) is 0 Å². The highest BCUT2D eigenvalue weighted by molar-refractivity contribution is 7.23. The van der Waals surface area contributed by atoms with Crippen molar-refractivity contribution >= 4 is 64.5 Å². The van der Waals surface area contributed by atoms with Gasteiger partial charge in [0.05, 0.1) is 11.0 Å². The van der Waals surface area contributed by atoms with Crippen LogP contribution >= 0.6 is 11.3 Å². The molecule has 0 amide bonds. The van der Waals surface area contributed by atoms with Crippen molar-refractivity contribution in [2.45, 2.75) is 0 Å². The van der Waals surface area contributed by atoms with Crippen LogP contribution < -0.4 is 0 Å². The fraction of sp³-hybridized carbons (Fsp3) is 0. The fourth-order valence-electron chi connectivity index (χ4n) is 7.35. The first kappa shape index (κ1) is 21.1. The van der Waals surface area contributed by atoms with Crippen LogP contribution in [0.25, 0.3) is 97.0 Å². The van der Waals surface area contributed by atoms with Crippen LogP contribution in [0.15, 0.2) is 182 Å². The van der Waals surface area contributed by atoms with E-state index < -0.39 is 24.2 Å². The molecule has 228 valence electrons. The third kappa shape index (κ3) is 4.44. The number of hydrogen-bond donors (Lipinski definition) is 0. The Hall–Kier alpha value is -6.02. The Morgan fingerprint density at radius 2 is 0.918 bits per heavy atom. The summed E-state index contributed by atoms with van der Waals surface area (Å²) in [5.41, 5.74) is 4.95. The molecule has 10 aromatic rings. The van der Waals surface area contributed by atoms with E-state index in [1.54, 1.807) is 11.3 Å². The first-order chi connectivity index (χ1) is 27.7. The number of fused-ring (bicyclic) bond motifs is 6. The van der Waals surface area contributed by atoms with Gasteiger partial charge in [-0.3, -0.25) is 0 Å². The topological polar surface area (TPSA) is 0 Å². The van der Waals surface area contributed by atoms with E-state index in [-0.39, 0.29) is 45.7 Å². The lowest BCUT2D eigenvalue weighted by molar-refractivity contribution is 1.62. The van der Waals surface area contributed by atoms with Crippen molar-refractivity contribution in [1.29, 1.82) is 0 Å². The second-order valence-electron chi connectivity index (χ2n) is 12.2. The van der Waals surface area contributed by atoms with Gasteiger partial charge < -0.3 is 0 Å². The Bertz CT molecular complexity index is 3240. The van der Waals surface area contributed by atoms with E-state index in [1.165, 1.54) is 0 Å². The van der Waals surface area contributed by atoms with Crippen LogP contribution in [-0.4, -0.2) is 0 Å². The van der Waals surface area contributed by atoms with Gasteiger partial charge in [0.15, 0.2) is 0 Å². The predicted molar refractivity (Wildman–Crippen MR) is 214 cm³/mol. The summed E-state index contributed by atoms with van der Waals surface area (Å²) in [7, 11) is 0. The number of thiophene rings is 1. The molecule has 9 aromatic carbocycles. The standard InChI is InChI=1S/C48H30S/c1-2-13-31(14-3-1)32-25-29-35(30-26-32)48-47(41-22-10-11-24-43(41)49-48)46-39-20-8-6-18-37(39)45(38-19-7-9-21-40(38)46)42-23-12-16-34-28-27-33-15-4-5-17-36(33)44(34)42/h1-30H/i6D,7D,8D,9D,18D,19D,20D,21D. The van der Waals surface area contributed by atoms with Crippen molar-refractivity contribution in [3.8, 4) is 43.8 Å². The average molecular weight is 647 g/mol. The summed E-state index contributed by atoms with van der Waals surface area (Å²) in [4.78, 5) is 0.821. The summed E-state index contributed by atoms with van der Waals surface area (Å²) in [5, 5.41) is 5.24. The minimum atomic E-state index is -0.420. The Balaban J connectivity index is 1.45. The highest BCUT2D eigenvalue weighted by Gasteiger charge is 2.23. The maximum Gasteiger partial charge on any atom is 0.0629 e. The number of benzene rings is 9. The van der Waals surface area contributed by atoms with E-state index in [4.69, 9.17) is 5.48 Å². The highest BCUT2D eigenvalue weighted by atomic mass is 32.1. The minimum Gasteiger partial charge on any atom is -0.135 e. The molecule has 10 rings (SSSR count). The SMILES string of the molecule is [2H]c1c([2H])c([2H])c2c(-c3cccc4ccc5ccccc5c34)c3c([2H])c([2H])c([2H])c([2H])c3c(-c3c(-c4ccc(-c5ccccc5)cc4)sc4ccccc34)c2c1[2H]. The molecular formula is C48H30S. The van der Waals surface area contributed by atoms with Gasteiger partial charge in [0.2, 0.25) is 0 Å². The van der Waals surface area contributed by atoms with Gasteiger partial charge in [0, 0.05) is 20.5 Å². The highest BCUT2D eigenvalue weighted by Crippen LogP contribution is 2.52. The van der Waals surface area contributed by atoms with Gasteiger partial charge in [0.1, 0.15) is 0 Å².